The first-order chi connectivity index (χ1) is 11.2. The highest BCUT2D eigenvalue weighted by Crippen LogP contribution is 2.26. The molecule has 23 heavy (non-hydrogen) atoms. The molecule has 5 heteroatoms. The van der Waals surface area contributed by atoms with Gasteiger partial charge in [-0.2, -0.15) is 0 Å². The first kappa shape index (κ1) is 15.4. The first-order valence-electron chi connectivity index (χ1n) is 7.79. The second kappa shape index (κ2) is 7.15. The summed E-state index contributed by atoms with van der Waals surface area (Å²) in [6, 6.07) is 15.3. The Morgan fingerprint density at radius 3 is 2.57 bits per heavy atom. The number of hydrogen-bond acceptors (Lipinski definition) is 4. The molecule has 1 aliphatic rings. The van der Waals surface area contributed by atoms with E-state index in [1.807, 2.05) is 48.5 Å². The molecule has 2 aromatic carbocycles. The van der Waals surface area contributed by atoms with Crippen molar-refractivity contribution in [1.82, 2.24) is 0 Å². The number of morpholine rings is 1. The zero-order valence-corrected chi connectivity index (χ0v) is 13.0. The van der Waals surface area contributed by atoms with E-state index in [-0.39, 0.29) is 12.3 Å². The second-order valence-corrected chi connectivity index (χ2v) is 5.54. The van der Waals surface area contributed by atoms with Crippen molar-refractivity contribution in [1.29, 1.82) is 0 Å². The number of rotatable bonds is 4. The number of nitrogens with zero attached hydrogens (tertiary/aromatic N) is 1. The van der Waals surface area contributed by atoms with Gasteiger partial charge in [0.1, 0.15) is 0 Å². The summed E-state index contributed by atoms with van der Waals surface area (Å²) in [5.74, 6) is -0.0661. The Balaban J connectivity index is 1.72. The summed E-state index contributed by atoms with van der Waals surface area (Å²) in [5.41, 5.74) is 9.25. The Kier molecular flexibility index (Phi) is 4.78. The number of anilines is 3. The molecule has 2 aromatic rings. The van der Waals surface area contributed by atoms with E-state index in [1.165, 1.54) is 0 Å². The quantitative estimate of drug-likeness (QED) is 0.850. The molecule has 0 aliphatic carbocycles. The molecule has 0 spiro atoms. The molecule has 0 aromatic heterocycles. The minimum atomic E-state index is -0.0661. The van der Waals surface area contributed by atoms with Gasteiger partial charge in [0.25, 0.3) is 0 Å². The predicted octanol–water partition coefficient (Wildman–Crippen LogP) is 2.29. The molecule has 0 bridgehead atoms. The van der Waals surface area contributed by atoms with Crippen molar-refractivity contribution in [2.24, 2.45) is 0 Å². The Morgan fingerprint density at radius 1 is 1.09 bits per heavy atom. The number of amides is 1. The van der Waals surface area contributed by atoms with Crippen LogP contribution in [0.5, 0.6) is 0 Å². The van der Waals surface area contributed by atoms with Crippen LogP contribution in [-0.4, -0.2) is 32.2 Å². The van der Waals surface area contributed by atoms with Gasteiger partial charge < -0.3 is 20.7 Å². The summed E-state index contributed by atoms with van der Waals surface area (Å²) in [6.45, 7) is 3.09. The number of hydrogen-bond donors (Lipinski definition) is 2. The van der Waals surface area contributed by atoms with Crippen LogP contribution in [0.4, 0.5) is 17.1 Å². The number of carbonyl (C=O) groups is 1. The molecule has 0 saturated carbocycles. The summed E-state index contributed by atoms with van der Waals surface area (Å²) in [4.78, 5) is 14.6. The lowest BCUT2D eigenvalue weighted by atomic mass is 10.1. The highest BCUT2D eigenvalue weighted by Gasteiger charge is 2.16. The summed E-state index contributed by atoms with van der Waals surface area (Å²) in [6.07, 6.45) is 0.268. The number of para-hydroxylation sites is 3. The molecule has 5 nitrogen and oxygen atoms in total. The zero-order chi connectivity index (χ0) is 16.1. The van der Waals surface area contributed by atoms with Crippen LogP contribution in [0.15, 0.2) is 48.5 Å². The SMILES string of the molecule is Nc1ccccc1CC(=O)Nc1ccccc1N1CCOCC1. The molecule has 120 valence electrons. The molecule has 1 fully saturated rings. The van der Waals surface area contributed by atoms with Gasteiger partial charge in [0.05, 0.1) is 31.0 Å². The molecule has 1 aliphatic heterocycles. The molecule has 3 N–H and O–H groups in total. The average molecular weight is 311 g/mol. The van der Waals surface area contributed by atoms with Crippen LogP contribution in [0.1, 0.15) is 5.56 Å². The molecule has 1 heterocycles. The van der Waals surface area contributed by atoms with Crippen LogP contribution in [-0.2, 0) is 16.0 Å². The van der Waals surface area contributed by atoms with E-state index < -0.39 is 0 Å². The van der Waals surface area contributed by atoms with Gasteiger partial charge in [-0.25, -0.2) is 0 Å². The van der Waals surface area contributed by atoms with Crippen molar-refractivity contribution in [2.45, 2.75) is 6.42 Å². The molecular weight excluding hydrogens is 290 g/mol. The molecule has 0 radical (unpaired) electrons. The molecule has 1 saturated heterocycles. The van der Waals surface area contributed by atoms with Crippen LogP contribution >= 0.6 is 0 Å². The summed E-state index contributed by atoms with van der Waals surface area (Å²) < 4.78 is 5.39. The Bertz CT molecular complexity index is 681. The van der Waals surface area contributed by atoms with Crippen molar-refractivity contribution < 1.29 is 9.53 Å². The zero-order valence-electron chi connectivity index (χ0n) is 13.0. The fraction of sp³-hybridized carbons (Fsp3) is 0.278. The van der Waals surface area contributed by atoms with Gasteiger partial charge >= 0.3 is 0 Å². The van der Waals surface area contributed by atoms with Gasteiger partial charge in [-0.3, -0.25) is 4.79 Å². The fourth-order valence-electron chi connectivity index (χ4n) is 2.72. The van der Waals surface area contributed by atoms with Gasteiger partial charge in [-0.15, -0.1) is 0 Å². The average Bonchev–Trinajstić information content (AvgIpc) is 2.58. The van der Waals surface area contributed by atoms with Gasteiger partial charge in [0.15, 0.2) is 0 Å². The van der Waals surface area contributed by atoms with Crippen LogP contribution in [0, 0.1) is 0 Å². The van der Waals surface area contributed by atoms with Gasteiger partial charge in [-0.05, 0) is 23.8 Å². The second-order valence-electron chi connectivity index (χ2n) is 5.54. The third-order valence-electron chi connectivity index (χ3n) is 3.94. The number of nitrogen functional groups attached to an aromatic ring is 1. The van der Waals surface area contributed by atoms with Gasteiger partial charge in [0, 0.05) is 18.8 Å². The summed E-state index contributed by atoms with van der Waals surface area (Å²) in [7, 11) is 0. The van der Waals surface area contributed by atoms with Gasteiger partial charge in [0.2, 0.25) is 5.91 Å². The minimum Gasteiger partial charge on any atom is -0.398 e. The molecule has 0 unspecified atom stereocenters. The third kappa shape index (κ3) is 3.81. The maximum atomic E-state index is 12.4. The van der Waals surface area contributed by atoms with E-state index in [2.05, 4.69) is 10.2 Å². The molecule has 3 rings (SSSR count). The van der Waals surface area contributed by atoms with Crippen molar-refractivity contribution in [3.05, 3.63) is 54.1 Å². The highest BCUT2D eigenvalue weighted by atomic mass is 16.5. The number of nitrogens with one attached hydrogen (secondary N) is 1. The van der Waals surface area contributed by atoms with E-state index in [0.717, 1.165) is 30.0 Å². The maximum Gasteiger partial charge on any atom is 0.228 e. The molecular formula is C18H21N3O2. The Labute approximate surface area is 136 Å². The van der Waals surface area contributed by atoms with E-state index in [4.69, 9.17) is 10.5 Å². The Morgan fingerprint density at radius 2 is 1.78 bits per heavy atom. The minimum absolute atomic E-state index is 0.0661. The number of carbonyl (C=O) groups excluding carboxylic acids is 1. The molecule has 1 amide bonds. The van der Waals surface area contributed by atoms with Crippen LogP contribution in [0.3, 0.4) is 0 Å². The monoisotopic (exact) mass is 311 g/mol. The van der Waals surface area contributed by atoms with E-state index in [0.29, 0.717) is 18.9 Å². The van der Waals surface area contributed by atoms with E-state index >= 15 is 0 Å². The van der Waals surface area contributed by atoms with Crippen molar-refractivity contribution in [2.75, 3.05) is 42.3 Å². The fourth-order valence-corrected chi connectivity index (χ4v) is 2.72. The van der Waals surface area contributed by atoms with E-state index in [9.17, 15) is 4.79 Å². The van der Waals surface area contributed by atoms with Crippen molar-refractivity contribution >= 4 is 23.0 Å². The van der Waals surface area contributed by atoms with Gasteiger partial charge in [-0.1, -0.05) is 30.3 Å². The standard InChI is InChI=1S/C18H21N3O2/c19-15-6-2-1-5-14(15)13-18(22)20-16-7-3-4-8-17(16)21-9-11-23-12-10-21/h1-8H,9-13,19H2,(H,20,22). The first-order valence-corrected chi connectivity index (χ1v) is 7.79. The summed E-state index contributed by atoms with van der Waals surface area (Å²) in [5, 5.41) is 3.01. The lowest BCUT2D eigenvalue weighted by molar-refractivity contribution is -0.115. The smallest absolute Gasteiger partial charge is 0.228 e. The Hall–Kier alpha value is -2.53. The van der Waals surface area contributed by atoms with Crippen LogP contribution < -0.4 is 16.0 Å². The number of ether oxygens (including phenoxy) is 1. The van der Waals surface area contributed by atoms with E-state index in [1.54, 1.807) is 0 Å². The largest absolute Gasteiger partial charge is 0.398 e. The van der Waals surface area contributed by atoms with Crippen LogP contribution in [0.25, 0.3) is 0 Å². The van der Waals surface area contributed by atoms with Crippen molar-refractivity contribution in [3.8, 4) is 0 Å². The third-order valence-corrected chi connectivity index (χ3v) is 3.94. The van der Waals surface area contributed by atoms with Crippen molar-refractivity contribution in [3.63, 3.8) is 0 Å². The number of nitrogens with two attached hydrogens (primary N) is 1. The maximum absolute atomic E-state index is 12.4. The van der Waals surface area contributed by atoms with Crippen LogP contribution in [0.2, 0.25) is 0 Å². The summed E-state index contributed by atoms with van der Waals surface area (Å²) >= 11 is 0. The normalized spacial score (nSPS) is 14.5. The number of benzene rings is 2. The molecule has 0 atom stereocenters. The lowest BCUT2D eigenvalue weighted by Gasteiger charge is -2.30. The lowest BCUT2D eigenvalue weighted by Crippen LogP contribution is -2.36. The topological polar surface area (TPSA) is 67.6 Å². The highest BCUT2D eigenvalue weighted by molar-refractivity contribution is 5.96. The predicted molar refractivity (Wildman–Crippen MR) is 92.7 cm³/mol.